The molecule has 84 valence electrons. The molecular weight excluding hydrogens is 211 g/mol. The van der Waals surface area contributed by atoms with Crippen LogP contribution < -0.4 is 10.9 Å². The molecule has 1 aliphatic heterocycles. The maximum absolute atomic E-state index is 9.59. The van der Waals surface area contributed by atoms with E-state index in [-0.39, 0.29) is 11.5 Å². The van der Waals surface area contributed by atoms with Gasteiger partial charge in [0.25, 0.3) is 0 Å². The Labute approximate surface area is 101 Å². The second-order valence-electron chi connectivity index (χ2n) is 4.50. The van der Waals surface area contributed by atoms with Gasteiger partial charge < -0.3 is 10.2 Å². The van der Waals surface area contributed by atoms with E-state index in [4.69, 9.17) is 0 Å². The highest BCUT2D eigenvalue weighted by Crippen LogP contribution is 2.29. The highest BCUT2D eigenvalue weighted by molar-refractivity contribution is 6.89. The van der Waals surface area contributed by atoms with Crippen molar-refractivity contribution in [3.63, 3.8) is 0 Å². The van der Waals surface area contributed by atoms with E-state index in [1.54, 1.807) is 24.3 Å². The van der Waals surface area contributed by atoms with Gasteiger partial charge in [-0.15, -0.1) is 0 Å². The summed E-state index contributed by atoms with van der Waals surface area (Å²) in [6.45, 7) is 2.53. The van der Waals surface area contributed by atoms with Crippen molar-refractivity contribution in [2.75, 3.05) is 0 Å². The van der Waals surface area contributed by atoms with Crippen molar-refractivity contribution < 1.29 is 10.2 Å². The fourth-order valence-corrected chi connectivity index (χ4v) is 2.77. The fraction of sp³-hybridized carbons (Fsp3) is 0.143. The molecule has 0 fully saturated rings. The highest BCUT2D eigenvalue weighted by Gasteiger charge is 2.30. The number of hydrogen-bond acceptors (Lipinski definition) is 2. The van der Waals surface area contributed by atoms with Crippen LogP contribution in [-0.4, -0.2) is 16.9 Å². The molecule has 2 aromatic rings. The van der Waals surface area contributed by atoms with Gasteiger partial charge in [0, 0.05) is 0 Å². The molecule has 0 atom stereocenters. The SMILES string of the molecule is CCB1c2ccc(O)cc2-c2cc(O)ccc21. The van der Waals surface area contributed by atoms with E-state index in [0.717, 1.165) is 17.4 Å². The maximum atomic E-state index is 9.59. The topological polar surface area (TPSA) is 40.5 Å². The van der Waals surface area contributed by atoms with E-state index in [2.05, 4.69) is 6.92 Å². The monoisotopic (exact) mass is 224 g/mol. The van der Waals surface area contributed by atoms with Gasteiger partial charge in [-0.25, -0.2) is 0 Å². The molecule has 0 aliphatic carbocycles. The van der Waals surface area contributed by atoms with Crippen LogP contribution in [0.3, 0.4) is 0 Å². The second kappa shape index (κ2) is 3.55. The summed E-state index contributed by atoms with van der Waals surface area (Å²) < 4.78 is 0. The van der Waals surface area contributed by atoms with Crippen molar-refractivity contribution in [1.82, 2.24) is 0 Å². The summed E-state index contributed by atoms with van der Waals surface area (Å²) in [6.07, 6.45) is 1.02. The number of fused-ring (bicyclic) bond motifs is 3. The predicted octanol–water partition coefficient (Wildman–Crippen LogP) is 1.71. The van der Waals surface area contributed by atoms with Crippen molar-refractivity contribution in [3.8, 4) is 22.6 Å². The zero-order chi connectivity index (χ0) is 12.0. The van der Waals surface area contributed by atoms with Crippen molar-refractivity contribution in [2.45, 2.75) is 13.2 Å². The summed E-state index contributed by atoms with van der Waals surface area (Å²) in [6, 6.07) is 11.0. The predicted molar refractivity (Wildman–Crippen MR) is 70.7 cm³/mol. The van der Waals surface area contributed by atoms with Crippen LogP contribution in [0, 0.1) is 0 Å². The molecule has 0 unspecified atom stereocenters. The summed E-state index contributed by atoms with van der Waals surface area (Å²) in [5.74, 6) is 0.546. The lowest BCUT2D eigenvalue weighted by Crippen LogP contribution is -2.36. The molecule has 2 nitrogen and oxygen atoms in total. The molecule has 0 aromatic heterocycles. The molecule has 0 radical (unpaired) electrons. The Morgan fingerprint density at radius 1 is 0.882 bits per heavy atom. The number of aromatic hydroxyl groups is 2. The Kier molecular flexibility index (Phi) is 2.15. The van der Waals surface area contributed by atoms with E-state index < -0.39 is 0 Å². The van der Waals surface area contributed by atoms with E-state index >= 15 is 0 Å². The van der Waals surface area contributed by atoms with Crippen molar-refractivity contribution in [3.05, 3.63) is 36.4 Å². The molecule has 1 aliphatic rings. The number of hydrogen-bond donors (Lipinski definition) is 2. The third kappa shape index (κ3) is 1.42. The van der Waals surface area contributed by atoms with Crippen LogP contribution in [0.4, 0.5) is 0 Å². The van der Waals surface area contributed by atoms with Crippen molar-refractivity contribution in [2.24, 2.45) is 0 Å². The van der Waals surface area contributed by atoms with Crippen LogP contribution in [0.2, 0.25) is 6.32 Å². The third-order valence-corrected chi connectivity index (χ3v) is 3.52. The molecule has 3 heteroatoms. The fourth-order valence-electron chi connectivity index (χ4n) is 2.77. The van der Waals surface area contributed by atoms with Gasteiger partial charge in [0.2, 0.25) is 6.71 Å². The van der Waals surface area contributed by atoms with Crippen LogP contribution >= 0.6 is 0 Å². The first kappa shape index (κ1) is 10.3. The molecule has 0 amide bonds. The van der Waals surface area contributed by atoms with Crippen LogP contribution in [0.5, 0.6) is 11.5 Å². The molecule has 17 heavy (non-hydrogen) atoms. The van der Waals surface area contributed by atoms with Gasteiger partial charge in [0.15, 0.2) is 0 Å². The van der Waals surface area contributed by atoms with E-state index in [1.165, 1.54) is 10.9 Å². The van der Waals surface area contributed by atoms with Gasteiger partial charge >= 0.3 is 0 Å². The van der Waals surface area contributed by atoms with E-state index in [9.17, 15) is 10.2 Å². The Hall–Kier alpha value is -1.90. The minimum absolute atomic E-state index is 0.273. The lowest BCUT2D eigenvalue weighted by Gasteiger charge is -2.05. The first-order valence-electron chi connectivity index (χ1n) is 5.87. The van der Waals surface area contributed by atoms with Crippen LogP contribution in [-0.2, 0) is 0 Å². The van der Waals surface area contributed by atoms with Gasteiger partial charge in [-0.3, -0.25) is 0 Å². The number of benzene rings is 2. The summed E-state index contributed by atoms with van der Waals surface area (Å²) in [4.78, 5) is 0. The minimum Gasteiger partial charge on any atom is -0.508 e. The standard InChI is InChI=1S/C14H13BO2/c1-2-15-13-5-3-9(16)7-11(13)12-8-10(17)4-6-14(12)15/h3-8,16-17H,2H2,1H3. The molecule has 2 N–H and O–H groups in total. The largest absolute Gasteiger partial charge is 0.508 e. The quantitative estimate of drug-likeness (QED) is 0.724. The number of phenols is 2. The van der Waals surface area contributed by atoms with Gasteiger partial charge in [-0.2, -0.15) is 0 Å². The van der Waals surface area contributed by atoms with Gasteiger partial charge in [-0.1, -0.05) is 36.3 Å². The molecule has 0 saturated carbocycles. The molecule has 0 bridgehead atoms. The van der Waals surface area contributed by atoms with Crippen LogP contribution in [0.1, 0.15) is 6.92 Å². The summed E-state index contributed by atoms with van der Waals surface area (Å²) in [7, 11) is 0. The lowest BCUT2D eigenvalue weighted by molar-refractivity contribution is 0.474. The van der Waals surface area contributed by atoms with Gasteiger partial charge in [0.1, 0.15) is 11.5 Å². The molecule has 3 rings (SSSR count). The van der Waals surface area contributed by atoms with Gasteiger partial charge in [-0.05, 0) is 35.4 Å². The lowest BCUT2D eigenvalue weighted by atomic mass is 9.41. The van der Waals surface area contributed by atoms with Crippen molar-refractivity contribution in [1.29, 1.82) is 0 Å². The first-order valence-corrected chi connectivity index (χ1v) is 5.87. The Morgan fingerprint density at radius 3 is 1.76 bits per heavy atom. The van der Waals surface area contributed by atoms with E-state index in [0.29, 0.717) is 6.71 Å². The van der Waals surface area contributed by atoms with Crippen LogP contribution in [0.15, 0.2) is 36.4 Å². The first-order chi connectivity index (χ1) is 8.20. The number of phenolic OH excluding ortho intramolecular Hbond substituents is 2. The average Bonchev–Trinajstić information content (AvgIpc) is 2.62. The zero-order valence-corrected chi connectivity index (χ0v) is 9.64. The molecular formula is C14H13BO2. The number of rotatable bonds is 1. The Bertz CT molecular complexity index is 541. The average molecular weight is 224 g/mol. The molecule has 0 spiro atoms. The Morgan fingerprint density at radius 2 is 1.35 bits per heavy atom. The normalized spacial score (nSPS) is 12.4. The molecule has 1 heterocycles. The smallest absolute Gasteiger partial charge is 0.210 e. The zero-order valence-electron chi connectivity index (χ0n) is 9.64. The highest BCUT2D eigenvalue weighted by atomic mass is 16.3. The Balaban J connectivity index is 2.31. The molecule has 2 aromatic carbocycles. The van der Waals surface area contributed by atoms with Crippen LogP contribution in [0.25, 0.3) is 11.1 Å². The summed E-state index contributed by atoms with van der Waals surface area (Å²) in [5, 5.41) is 19.2. The summed E-state index contributed by atoms with van der Waals surface area (Å²) in [5.41, 5.74) is 4.57. The van der Waals surface area contributed by atoms with E-state index in [1.807, 2.05) is 12.1 Å². The maximum Gasteiger partial charge on any atom is 0.210 e. The molecule has 0 saturated heterocycles. The second-order valence-corrected chi connectivity index (χ2v) is 4.50. The van der Waals surface area contributed by atoms with Gasteiger partial charge in [0.05, 0.1) is 0 Å². The third-order valence-electron chi connectivity index (χ3n) is 3.52. The minimum atomic E-state index is 0.273. The van der Waals surface area contributed by atoms with Crippen molar-refractivity contribution >= 4 is 17.6 Å². The summed E-state index contributed by atoms with van der Waals surface area (Å²) >= 11 is 0.